The van der Waals surface area contributed by atoms with Crippen LogP contribution in [-0.2, 0) is 0 Å². The molecule has 0 spiro atoms. The molecule has 0 atom stereocenters. The summed E-state index contributed by atoms with van der Waals surface area (Å²) in [5, 5.41) is 4.40. The Bertz CT molecular complexity index is 1610. The number of hydrogen-bond acceptors (Lipinski definition) is 5. The minimum absolute atomic E-state index is 0.268. The summed E-state index contributed by atoms with van der Waals surface area (Å²) in [6, 6.07) is 22.9. The summed E-state index contributed by atoms with van der Waals surface area (Å²) >= 11 is 1.62. The number of hydrogen-bond donors (Lipinski definition) is 1. The van der Waals surface area contributed by atoms with E-state index in [0.29, 0.717) is 5.56 Å². The molecule has 0 fully saturated rings. The van der Waals surface area contributed by atoms with E-state index in [4.69, 9.17) is 0 Å². The van der Waals surface area contributed by atoms with E-state index in [-0.39, 0.29) is 5.82 Å². The van der Waals surface area contributed by atoms with Crippen molar-refractivity contribution in [3.05, 3.63) is 103 Å². The first kappa shape index (κ1) is 19.5. The number of halogens is 1. The Morgan fingerprint density at radius 1 is 0.697 bits per heavy atom. The van der Waals surface area contributed by atoms with Crippen molar-refractivity contribution in [1.82, 2.24) is 15.0 Å². The highest BCUT2D eigenvalue weighted by Gasteiger charge is 2.11. The van der Waals surface area contributed by atoms with Crippen LogP contribution < -0.4 is 5.32 Å². The second kappa shape index (κ2) is 8.07. The third-order valence-electron chi connectivity index (χ3n) is 5.64. The molecule has 6 heteroatoms. The summed E-state index contributed by atoms with van der Waals surface area (Å²) in [4.78, 5) is 12.9. The lowest BCUT2D eigenvalue weighted by atomic mass is 9.98. The minimum atomic E-state index is -0.268. The molecule has 0 aliphatic carbocycles. The van der Waals surface area contributed by atoms with Crippen molar-refractivity contribution >= 4 is 43.8 Å². The summed E-state index contributed by atoms with van der Waals surface area (Å²) in [5.74, 6) is -0.268. The summed E-state index contributed by atoms with van der Waals surface area (Å²) in [6.45, 7) is 0. The van der Waals surface area contributed by atoms with E-state index in [1.165, 1.54) is 0 Å². The summed E-state index contributed by atoms with van der Waals surface area (Å²) < 4.78 is 16.3. The fourth-order valence-electron chi connectivity index (χ4n) is 3.99. The van der Waals surface area contributed by atoms with Crippen LogP contribution in [0, 0.1) is 5.82 Å². The quantitative estimate of drug-likeness (QED) is 0.304. The molecule has 0 aliphatic rings. The Hall–Kier alpha value is -4.16. The van der Waals surface area contributed by atoms with Crippen LogP contribution in [0.15, 0.2) is 96.9 Å². The van der Waals surface area contributed by atoms with Crippen molar-refractivity contribution in [3.8, 4) is 22.3 Å². The maximum absolute atomic E-state index is 15.1. The van der Waals surface area contributed by atoms with Crippen LogP contribution in [0.25, 0.3) is 43.4 Å². The molecule has 0 saturated carbocycles. The van der Waals surface area contributed by atoms with Crippen LogP contribution in [0.3, 0.4) is 0 Å². The first-order valence-electron chi connectivity index (χ1n) is 10.4. The Balaban J connectivity index is 1.39. The number of nitrogens with one attached hydrogen (secondary N) is 1. The molecule has 0 amide bonds. The summed E-state index contributed by atoms with van der Waals surface area (Å²) in [6.07, 6.45) is 5.19. The zero-order valence-electron chi connectivity index (χ0n) is 17.4. The molecular formula is C27H17FN4S. The third kappa shape index (κ3) is 3.70. The average molecular weight is 449 g/mol. The van der Waals surface area contributed by atoms with Gasteiger partial charge in [0.2, 0.25) is 0 Å². The fraction of sp³-hybridized carbons (Fsp3) is 0. The molecule has 1 N–H and O–H groups in total. The van der Waals surface area contributed by atoms with Crippen molar-refractivity contribution < 1.29 is 4.39 Å². The predicted octanol–water partition coefficient (Wildman–Crippen LogP) is 7.46. The summed E-state index contributed by atoms with van der Waals surface area (Å²) in [7, 11) is 0. The first-order chi connectivity index (χ1) is 16.2. The molecule has 0 radical (unpaired) electrons. The van der Waals surface area contributed by atoms with Gasteiger partial charge < -0.3 is 5.32 Å². The first-order valence-corrected chi connectivity index (χ1v) is 11.3. The van der Waals surface area contributed by atoms with E-state index in [1.54, 1.807) is 36.0 Å². The third-order valence-corrected chi connectivity index (χ3v) is 6.45. The number of benzene rings is 3. The van der Waals surface area contributed by atoms with Gasteiger partial charge in [0.05, 0.1) is 21.2 Å². The molecule has 3 heterocycles. The van der Waals surface area contributed by atoms with E-state index >= 15 is 4.39 Å². The molecule has 0 saturated heterocycles. The zero-order chi connectivity index (χ0) is 22.2. The molecule has 0 unspecified atom stereocenters. The number of anilines is 2. The molecule has 0 aliphatic heterocycles. The van der Waals surface area contributed by atoms with E-state index in [9.17, 15) is 0 Å². The zero-order valence-corrected chi connectivity index (χ0v) is 18.2. The van der Waals surface area contributed by atoms with Crippen molar-refractivity contribution in [2.75, 3.05) is 5.32 Å². The maximum Gasteiger partial charge on any atom is 0.131 e. The van der Waals surface area contributed by atoms with Crippen molar-refractivity contribution in [2.45, 2.75) is 0 Å². The van der Waals surface area contributed by atoms with Gasteiger partial charge in [-0.1, -0.05) is 18.2 Å². The largest absolute Gasteiger partial charge is 0.355 e. The Labute approximate surface area is 193 Å². The van der Waals surface area contributed by atoms with Gasteiger partial charge in [0.1, 0.15) is 5.82 Å². The number of pyridine rings is 2. The van der Waals surface area contributed by atoms with Crippen LogP contribution in [0.5, 0.6) is 0 Å². The van der Waals surface area contributed by atoms with E-state index in [1.807, 2.05) is 66.2 Å². The molecule has 6 rings (SSSR count). The number of rotatable bonds is 4. The minimum Gasteiger partial charge on any atom is -0.355 e. The summed E-state index contributed by atoms with van der Waals surface area (Å²) in [5.41, 5.74) is 8.59. The lowest BCUT2D eigenvalue weighted by molar-refractivity contribution is 0.632. The van der Waals surface area contributed by atoms with Gasteiger partial charge in [-0.15, -0.1) is 11.3 Å². The standard InChI is InChI=1S/C27H17FN4S/c28-23-14-18(17-7-10-29-11-8-17)1-4-21(23)19-2-5-24-22(13-19)25(9-12-30-24)32-20-3-6-27-26(15-20)31-16-33-27/h1-16H,(H,30,32). The average Bonchev–Trinajstić information content (AvgIpc) is 3.33. The van der Waals surface area contributed by atoms with E-state index in [0.717, 1.165) is 49.2 Å². The normalized spacial score (nSPS) is 11.2. The van der Waals surface area contributed by atoms with E-state index in [2.05, 4.69) is 26.3 Å². The lowest BCUT2D eigenvalue weighted by Gasteiger charge is -2.12. The second-order valence-electron chi connectivity index (χ2n) is 7.68. The monoisotopic (exact) mass is 448 g/mol. The Morgan fingerprint density at radius 2 is 1.58 bits per heavy atom. The van der Waals surface area contributed by atoms with Gasteiger partial charge in [0.15, 0.2) is 0 Å². The Kier molecular flexibility index (Phi) is 4.78. The van der Waals surface area contributed by atoms with Crippen LogP contribution in [0.1, 0.15) is 0 Å². The molecule has 4 nitrogen and oxygen atoms in total. The molecule has 6 aromatic rings. The molecule has 3 aromatic heterocycles. The highest BCUT2D eigenvalue weighted by atomic mass is 32.1. The van der Waals surface area contributed by atoms with Gasteiger partial charge in [0, 0.05) is 40.9 Å². The van der Waals surface area contributed by atoms with Crippen LogP contribution in [0.2, 0.25) is 0 Å². The SMILES string of the molecule is Fc1cc(-c2ccncc2)ccc1-c1ccc2nccc(Nc3ccc4scnc4c3)c2c1. The maximum atomic E-state index is 15.1. The van der Waals surface area contributed by atoms with E-state index < -0.39 is 0 Å². The molecule has 158 valence electrons. The van der Waals surface area contributed by atoms with Gasteiger partial charge in [0.25, 0.3) is 0 Å². The molecule has 0 bridgehead atoms. The van der Waals surface area contributed by atoms with Crippen molar-refractivity contribution in [3.63, 3.8) is 0 Å². The number of thiazole rings is 1. The molecule has 33 heavy (non-hydrogen) atoms. The highest BCUT2D eigenvalue weighted by Crippen LogP contribution is 2.33. The second-order valence-corrected chi connectivity index (χ2v) is 8.57. The van der Waals surface area contributed by atoms with Gasteiger partial charge in [-0.25, -0.2) is 9.37 Å². The fourth-order valence-corrected chi connectivity index (χ4v) is 4.65. The van der Waals surface area contributed by atoms with Crippen LogP contribution in [-0.4, -0.2) is 15.0 Å². The molecule has 3 aromatic carbocycles. The van der Waals surface area contributed by atoms with Gasteiger partial charge in [-0.05, 0) is 71.3 Å². The van der Waals surface area contributed by atoms with Gasteiger partial charge >= 0.3 is 0 Å². The van der Waals surface area contributed by atoms with Crippen LogP contribution >= 0.6 is 11.3 Å². The number of nitrogens with zero attached hydrogens (tertiary/aromatic N) is 3. The van der Waals surface area contributed by atoms with Gasteiger partial charge in [-0.2, -0.15) is 0 Å². The number of aromatic nitrogens is 3. The van der Waals surface area contributed by atoms with Crippen molar-refractivity contribution in [2.24, 2.45) is 0 Å². The topological polar surface area (TPSA) is 50.7 Å². The number of fused-ring (bicyclic) bond motifs is 2. The predicted molar refractivity (Wildman–Crippen MR) is 133 cm³/mol. The van der Waals surface area contributed by atoms with Crippen LogP contribution in [0.4, 0.5) is 15.8 Å². The highest BCUT2D eigenvalue weighted by molar-refractivity contribution is 7.16. The molecular weight excluding hydrogens is 431 g/mol. The smallest absolute Gasteiger partial charge is 0.131 e. The van der Waals surface area contributed by atoms with Gasteiger partial charge in [-0.3, -0.25) is 9.97 Å². The Morgan fingerprint density at radius 3 is 2.45 bits per heavy atom. The lowest BCUT2D eigenvalue weighted by Crippen LogP contribution is -1.94. The van der Waals surface area contributed by atoms with Crippen molar-refractivity contribution in [1.29, 1.82) is 0 Å².